The Bertz CT molecular complexity index is 501. The summed E-state index contributed by atoms with van der Waals surface area (Å²) >= 11 is 0. The maximum Gasteiger partial charge on any atom is 0.308 e. The minimum atomic E-state index is -0.444. The fourth-order valence-electron chi connectivity index (χ4n) is 1.96. The van der Waals surface area contributed by atoms with Gasteiger partial charge in [0, 0.05) is 18.1 Å². The van der Waals surface area contributed by atoms with E-state index in [4.69, 9.17) is 4.74 Å². The first-order valence-corrected chi connectivity index (χ1v) is 5.81. The summed E-state index contributed by atoms with van der Waals surface area (Å²) in [5, 5.41) is 9.89. The third-order valence-electron chi connectivity index (χ3n) is 2.75. The van der Waals surface area contributed by atoms with Crippen molar-refractivity contribution in [1.82, 2.24) is 0 Å². The molecule has 0 fully saturated rings. The summed E-state index contributed by atoms with van der Waals surface area (Å²) in [4.78, 5) is 22.6. The Morgan fingerprint density at radius 1 is 1.28 bits per heavy atom. The Hall–Kier alpha value is -1.84. The molecule has 4 heteroatoms. The molecule has 0 aliphatic carbocycles. The van der Waals surface area contributed by atoms with Crippen molar-refractivity contribution in [2.24, 2.45) is 0 Å². The summed E-state index contributed by atoms with van der Waals surface area (Å²) in [7, 11) is 0. The number of Topliss-reactive ketones (excluding diaryl/α,β-unsaturated/α-hetero) is 1. The van der Waals surface area contributed by atoms with E-state index in [-0.39, 0.29) is 23.0 Å². The predicted octanol–water partition coefficient (Wildman–Crippen LogP) is 2.95. The SMILES string of the molecule is CC(=O)Oc1c(C(C)C)cc(O)c(C(C)=O)c1C. The fraction of sp³-hybridized carbons (Fsp3) is 0.429. The first-order valence-electron chi connectivity index (χ1n) is 5.81. The van der Waals surface area contributed by atoms with Gasteiger partial charge in [0.25, 0.3) is 0 Å². The highest BCUT2D eigenvalue weighted by Gasteiger charge is 2.21. The number of esters is 1. The monoisotopic (exact) mass is 250 g/mol. The highest BCUT2D eigenvalue weighted by molar-refractivity contribution is 5.99. The van der Waals surface area contributed by atoms with Crippen molar-refractivity contribution in [2.75, 3.05) is 0 Å². The Kier molecular flexibility index (Phi) is 4.11. The number of carbonyl (C=O) groups excluding carboxylic acids is 2. The molecule has 0 aromatic heterocycles. The first kappa shape index (κ1) is 14.2. The number of ketones is 1. The molecular formula is C14H18O4. The Morgan fingerprint density at radius 3 is 2.22 bits per heavy atom. The molecule has 0 radical (unpaired) electrons. The van der Waals surface area contributed by atoms with Gasteiger partial charge in [0.2, 0.25) is 0 Å². The number of carbonyl (C=O) groups is 2. The van der Waals surface area contributed by atoms with Gasteiger partial charge < -0.3 is 9.84 Å². The summed E-state index contributed by atoms with van der Waals surface area (Å²) < 4.78 is 5.18. The second-order valence-electron chi connectivity index (χ2n) is 4.62. The third-order valence-corrected chi connectivity index (χ3v) is 2.75. The molecule has 0 heterocycles. The second kappa shape index (κ2) is 5.21. The van der Waals surface area contributed by atoms with Gasteiger partial charge in [-0.3, -0.25) is 9.59 Å². The zero-order chi connectivity index (χ0) is 14.0. The normalized spacial score (nSPS) is 10.6. The molecule has 4 nitrogen and oxygen atoms in total. The van der Waals surface area contributed by atoms with Crippen molar-refractivity contribution < 1.29 is 19.4 Å². The number of phenolic OH excluding ortho intramolecular Hbond substituents is 1. The van der Waals surface area contributed by atoms with Crippen molar-refractivity contribution in [3.63, 3.8) is 0 Å². The average Bonchev–Trinajstić information content (AvgIpc) is 2.20. The lowest BCUT2D eigenvalue weighted by atomic mass is 9.94. The minimum Gasteiger partial charge on any atom is -0.507 e. The molecule has 0 saturated heterocycles. The van der Waals surface area contributed by atoms with E-state index >= 15 is 0 Å². The van der Waals surface area contributed by atoms with Gasteiger partial charge in [0.05, 0.1) is 5.56 Å². The molecule has 0 unspecified atom stereocenters. The van der Waals surface area contributed by atoms with Crippen molar-refractivity contribution in [3.05, 3.63) is 22.8 Å². The average molecular weight is 250 g/mol. The minimum absolute atomic E-state index is 0.0698. The number of phenols is 1. The molecular weight excluding hydrogens is 232 g/mol. The largest absolute Gasteiger partial charge is 0.507 e. The molecule has 1 aromatic carbocycles. The predicted molar refractivity (Wildman–Crippen MR) is 68.2 cm³/mol. The molecule has 0 bridgehead atoms. The zero-order valence-electron chi connectivity index (χ0n) is 11.3. The Morgan fingerprint density at radius 2 is 1.83 bits per heavy atom. The van der Waals surface area contributed by atoms with E-state index < -0.39 is 5.97 Å². The molecule has 1 N–H and O–H groups in total. The van der Waals surface area contributed by atoms with Crippen molar-refractivity contribution in [2.45, 2.75) is 40.5 Å². The molecule has 0 saturated carbocycles. The van der Waals surface area contributed by atoms with E-state index in [0.717, 1.165) is 0 Å². The van der Waals surface area contributed by atoms with Crippen LogP contribution in [0.4, 0.5) is 0 Å². The molecule has 18 heavy (non-hydrogen) atoms. The summed E-state index contributed by atoms with van der Waals surface area (Å²) in [6.07, 6.45) is 0. The molecule has 0 amide bonds. The van der Waals surface area contributed by atoms with Crippen LogP contribution in [0, 0.1) is 6.92 Å². The smallest absolute Gasteiger partial charge is 0.308 e. The van der Waals surface area contributed by atoms with E-state index in [2.05, 4.69) is 0 Å². The number of ether oxygens (including phenoxy) is 1. The Balaban J connectivity index is 3.56. The van der Waals surface area contributed by atoms with Gasteiger partial charge in [-0.25, -0.2) is 0 Å². The van der Waals surface area contributed by atoms with Crippen LogP contribution in [0.5, 0.6) is 11.5 Å². The zero-order valence-corrected chi connectivity index (χ0v) is 11.3. The molecule has 0 aliphatic rings. The third kappa shape index (κ3) is 2.70. The van der Waals surface area contributed by atoms with Crippen LogP contribution in [0.2, 0.25) is 0 Å². The van der Waals surface area contributed by atoms with Crippen molar-refractivity contribution in [3.8, 4) is 11.5 Å². The van der Waals surface area contributed by atoms with Crippen LogP contribution in [0.15, 0.2) is 6.07 Å². The summed E-state index contributed by atoms with van der Waals surface area (Å²) in [6, 6.07) is 1.49. The van der Waals surface area contributed by atoms with E-state index in [1.54, 1.807) is 6.92 Å². The summed E-state index contributed by atoms with van der Waals surface area (Å²) in [5.41, 5.74) is 1.42. The maximum absolute atomic E-state index is 11.5. The van der Waals surface area contributed by atoms with Crippen LogP contribution in [0.3, 0.4) is 0 Å². The highest BCUT2D eigenvalue weighted by atomic mass is 16.5. The van der Waals surface area contributed by atoms with Gasteiger partial charge in [-0.05, 0) is 25.8 Å². The van der Waals surface area contributed by atoms with Crippen LogP contribution in [0.1, 0.15) is 55.1 Å². The quantitative estimate of drug-likeness (QED) is 0.509. The maximum atomic E-state index is 11.5. The molecule has 1 aromatic rings. The number of benzene rings is 1. The molecule has 1 rings (SSSR count). The molecule has 98 valence electrons. The summed E-state index contributed by atoms with van der Waals surface area (Å²) in [5.74, 6) is -0.320. The molecule has 0 aliphatic heterocycles. The van der Waals surface area contributed by atoms with Crippen molar-refractivity contribution >= 4 is 11.8 Å². The van der Waals surface area contributed by atoms with Gasteiger partial charge in [-0.15, -0.1) is 0 Å². The van der Waals surface area contributed by atoms with E-state index in [1.165, 1.54) is 19.9 Å². The molecule has 0 spiro atoms. The van der Waals surface area contributed by atoms with Gasteiger partial charge in [-0.1, -0.05) is 13.8 Å². The van der Waals surface area contributed by atoms with Crippen LogP contribution in [0.25, 0.3) is 0 Å². The lowest BCUT2D eigenvalue weighted by molar-refractivity contribution is -0.132. The van der Waals surface area contributed by atoms with Crippen LogP contribution >= 0.6 is 0 Å². The molecule has 0 atom stereocenters. The van der Waals surface area contributed by atoms with E-state index in [1.807, 2.05) is 13.8 Å². The Labute approximate surface area is 107 Å². The van der Waals surface area contributed by atoms with Crippen molar-refractivity contribution in [1.29, 1.82) is 0 Å². The van der Waals surface area contributed by atoms with E-state index in [9.17, 15) is 14.7 Å². The second-order valence-corrected chi connectivity index (χ2v) is 4.62. The fourth-order valence-corrected chi connectivity index (χ4v) is 1.96. The topological polar surface area (TPSA) is 63.6 Å². The lowest BCUT2D eigenvalue weighted by Gasteiger charge is -2.18. The van der Waals surface area contributed by atoms with Crippen LogP contribution < -0.4 is 4.74 Å². The summed E-state index contributed by atoms with van der Waals surface area (Å²) in [6.45, 7) is 8.20. The van der Waals surface area contributed by atoms with Crippen LogP contribution in [-0.2, 0) is 4.79 Å². The standard InChI is InChI=1S/C14H18O4/c1-7(2)11-6-12(17)13(9(4)15)8(3)14(11)18-10(5)16/h6-7,17H,1-5H3. The van der Waals surface area contributed by atoms with E-state index in [0.29, 0.717) is 16.9 Å². The number of hydrogen-bond acceptors (Lipinski definition) is 4. The highest BCUT2D eigenvalue weighted by Crippen LogP contribution is 2.37. The number of hydrogen-bond donors (Lipinski definition) is 1. The number of rotatable bonds is 3. The van der Waals surface area contributed by atoms with Gasteiger partial charge in [-0.2, -0.15) is 0 Å². The van der Waals surface area contributed by atoms with Crippen LogP contribution in [-0.4, -0.2) is 16.9 Å². The van der Waals surface area contributed by atoms with Gasteiger partial charge >= 0.3 is 5.97 Å². The number of aromatic hydroxyl groups is 1. The lowest BCUT2D eigenvalue weighted by Crippen LogP contribution is -2.09. The van der Waals surface area contributed by atoms with Gasteiger partial charge in [0.1, 0.15) is 11.5 Å². The first-order chi connectivity index (χ1) is 8.25. The van der Waals surface area contributed by atoms with Gasteiger partial charge in [0.15, 0.2) is 5.78 Å².